The molecule has 0 aromatic carbocycles. The van der Waals surface area contributed by atoms with Crippen LogP contribution in [0.15, 0.2) is 0 Å². The minimum absolute atomic E-state index is 0.0732. The predicted molar refractivity (Wildman–Crippen MR) is 71.9 cm³/mol. The maximum atomic E-state index is 11.7. The molecule has 0 radical (unpaired) electrons. The topological polar surface area (TPSA) is 80.4 Å². The average Bonchev–Trinajstić information content (AvgIpc) is 2.63. The molecule has 0 spiro atoms. The zero-order valence-electron chi connectivity index (χ0n) is 11.1. The van der Waals surface area contributed by atoms with Gasteiger partial charge in [-0.2, -0.15) is 0 Å². The smallest absolute Gasteiger partial charge is 0.153 e. The van der Waals surface area contributed by atoms with Crippen LogP contribution in [-0.4, -0.2) is 37.7 Å². The summed E-state index contributed by atoms with van der Waals surface area (Å²) >= 11 is 0. The van der Waals surface area contributed by atoms with Crippen LogP contribution in [0.25, 0.3) is 0 Å². The van der Waals surface area contributed by atoms with Crippen molar-refractivity contribution < 1.29 is 13.5 Å². The van der Waals surface area contributed by atoms with E-state index >= 15 is 0 Å². The Morgan fingerprint density at radius 1 is 1.39 bits per heavy atom. The Kier molecular flexibility index (Phi) is 4.04. The van der Waals surface area contributed by atoms with Crippen molar-refractivity contribution in [1.29, 1.82) is 0 Å². The summed E-state index contributed by atoms with van der Waals surface area (Å²) in [4.78, 5) is 0. The quantitative estimate of drug-likeness (QED) is 0.803. The zero-order valence-corrected chi connectivity index (χ0v) is 12.0. The molecule has 2 rings (SSSR count). The van der Waals surface area contributed by atoms with Gasteiger partial charge in [0, 0.05) is 5.92 Å². The fourth-order valence-electron chi connectivity index (χ4n) is 3.96. The Hall–Kier alpha value is -0.130. The van der Waals surface area contributed by atoms with Crippen molar-refractivity contribution >= 4 is 9.84 Å². The molecule has 18 heavy (non-hydrogen) atoms. The summed E-state index contributed by atoms with van der Waals surface area (Å²) < 4.78 is 23.4. The van der Waals surface area contributed by atoms with Crippen LogP contribution in [0, 0.1) is 17.3 Å². The van der Waals surface area contributed by atoms with Crippen LogP contribution in [-0.2, 0) is 9.84 Å². The number of sulfone groups is 1. The zero-order chi connectivity index (χ0) is 13.4. The summed E-state index contributed by atoms with van der Waals surface area (Å²) in [7, 11) is -3.07. The Balaban J connectivity index is 2.22. The SMILES string of the molecule is CCC1CCCC(CN)(C2CS(=O)(=O)CC2O)C1. The van der Waals surface area contributed by atoms with Gasteiger partial charge in [-0.15, -0.1) is 0 Å². The Bertz CT molecular complexity index is 395. The summed E-state index contributed by atoms with van der Waals surface area (Å²) in [5.74, 6) is 0.539. The molecule has 5 heteroatoms. The van der Waals surface area contributed by atoms with Crippen LogP contribution in [0.5, 0.6) is 0 Å². The van der Waals surface area contributed by atoms with Gasteiger partial charge in [-0.1, -0.05) is 26.2 Å². The van der Waals surface area contributed by atoms with Crippen LogP contribution in [0.2, 0.25) is 0 Å². The second-order valence-electron chi connectivity index (χ2n) is 6.19. The minimum Gasteiger partial charge on any atom is -0.392 e. The van der Waals surface area contributed by atoms with E-state index in [1.165, 1.54) is 6.42 Å². The highest BCUT2D eigenvalue weighted by atomic mass is 32.2. The number of aliphatic hydroxyl groups excluding tert-OH is 1. The molecule has 0 aromatic rings. The third kappa shape index (κ3) is 2.58. The fraction of sp³-hybridized carbons (Fsp3) is 1.00. The van der Waals surface area contributed by atoms with Gasteiger partial charge in [0.1, 0.15) is 0 Å². The van der Waals surface area contributed by atoms with Crippen LogP contribution >= 0.6 is 0 Å². The second kappa shape index (κ2) is 5.10. The van der Waals surface area contributed by atoms with E-state index in [4.69, 9.17) is 5.73 Å². The standard InChI is InChI=1S/C13H25NO3S/c1-2-10-4-3-5-13(6-10,9-14)11-7-18(16,17)8-12(11)15/h10-12,15H,2-9,14H2,1H3. The molecule has 2 fully saturated rings. The third-order valence-electron chi connectivity index (χ3n) is 5.08. The van der Waals surface area contributed by atoms with Gasteiger partial charge in [0.2, 0.25) is 0 Å². The predicted octanol–water partition coefficient (Wildman–Crippen LogP) is 0.937. The van der Waals surface area contributed by atoms with E-state index in [1.54, 1.807) is 0 Å². The van der Waals surface area contributed by atoms with Crippen LogP contribution in [0.3, 0.4) is 0 Å². The van der Waals surface area contributed by atoms with Gasteiger partial charge < -0.3 is 10.8 Å². The first kappa shape index (κ1) is 14.3. The molecule has 4 unspecified atom stereocenters. The number of hydrogen-bond acceptors (Lipinski definition) is 4. The third-order valence-corrected chi connectivity index (χ3v) is 6.79. The van der Waals surface area contributed by atoms with E-state index in [2.05, 4.69) is 6.92 Å². The maximum Gasteiger partial charge on any atom is 0.153 e. The molecule has 1 saturated carbocycles. The molecule has 1 aliphatic heterocycles. The van der Waals surface area contributed by atoms with E-state index < -0.39 is 15.9 Å². The lowest BCUT2D eigenvalue weighted by molar-refractivity contribution is 0.0118. The lowest BCUT2D eigenvalue weighted by atomic mass is 9.61. The molecule has 0 amide bonds. The van der Waals surface area contributed by atoms with Gasteiger partial charge in [0.15, 0.2) is 9.84 Å². The molecule has 4 atom stereocenters. The van der Waals surface area contributed by atoms with Crippen LogP contribution < -0.4 is 5.73 Å². The number of hydrogen-bond donors (Lipinski definition) is 2. The van der Waals surface area contributed by atoms with Gasteiger partial charge in [0.05, 0.1) is 17.6 Å². The first-order valence-corrected chi connectivity index (χ1v) is 8.83. The summed E-state index contributed by atoms with van der Waals surface area (Å²) in [5, 5.41) is 10.1. The minimum atomic E-state index is -3.07. The van der Waals surface area contributed by atoms with E-state index in [9.17, 15) is 13.5 Å². The summed E-state index contributed by atoms with van der Waals surface area (Å²) in [5.41, 5.74) is 5.83. The van der Waals surface area contributed by atoms with E-state index in [1.807, 2.05) is 0 Å². The van der Waals surface area contributed by atoms with E-state index in [0.29, 0.717) is 12.5 Å². The monoisotopic (exact) mass is 275 g/mol. The molecule has 1 aliphatic carbocycles. The Labute approximate surface area is 110 Å². The molecule has 106 valence electrons. The van der Waals surface area contributed by atoms with Gasteiger partial charge >= 0.3 is 0 Å². The molecule has 0 bridgehead atoms. The normalized spacial score (nSPS) is 44.1. The van der Waals surface area contributed by atoms with Crippen LogP contribution in [0.1, 0.15) is 39.0 Å². The van der Waals surface area contributed by atoms with Crippen molar-refractivity contribution in [3.8, 4) is 0 Å². The molecular weight excluding hydrogens is 250 g/mol. The van der Waals surface area contributed by atoms with E-state index in [-0.39, 0.29) is 22.8 Å². The highest BCUT2D eigenvalue weighted by Crippen LogP contribution is 2.48. The van der Waals surface area contributed by atoms with Crippen molar-refractivity contribution in [2.75, 3.05) is 18.1 Å². The van der Waals surface area contributed by atoms with Gasteiger partial charge in [-0.25, -0.2) is 8.42 Å². The van der Waals surface area contributed by atoms with Gasteiger partial charge in [-0.3, -0.25) is 0 Å². The summed E-state index contributed by atoms with van der Waals surface area (Å²) in [6.45, 7) is 2.68. The van der Waals surface area contributed by atoms with E-state index in [0.717, 1.165) is 25.7 Å². The first-order valence-electron chi connectivity index (χ1n) is 7.01. The lowest BCUT2D eigenvalue weighted by Crippen LogP contribution is -2.46. The second-order valence-corrected chi connectivity index (χ2v) is 8.34. The Morgan fingerprint density at radius 2 is 2.11 bits per heavy atom. The lowest BCUT2D eigenvalue weighted by Gasteiger charge is -2.45. The average molecular weight is 275 g/mol. The van der Waals surface area contributed by atoms with Crippen LogP contribution in [0.4, 0.5) is 0 Å². The number of rotatable bonds is 3. The fourth-order valence-corrected chi connectivity index (χ4v) is 5.97. The van der Waals surface area contributed by atoms with Crippen molar-refractivity contribution in [3.63, 3.8) is 0 Å². The number of nitrogens with two attached hydrogens (primary N) is 1. The molecular formula is C13H25NO3S. The molecule has 0 aromatic heterocycles. The molecule has 1 heterocycles. The summed E-state index contributed by atoms with van der Waals surface area (Å²) in [6.07, 6.45) is 4.69. The largest absolute Gasteiger partial charge is 0.392 e. The molecule has 4 nitrogen and oxygen atoms in total. The van der Waals surface area contributed by atoms with Gasteiger partial charge in [0.25, 0.3) is 0 Å². The molecule has 1 saturated heterocycles. The number of aliphatic hydroxyl groups is 1. The maximum absolute atomic E-state index is 11.7. The van der Waals surface area contributed by atoms with Crippen molar-refractivity contribution in [2.45, 2.75) is 45.1 Å². The molecule has 3 N–H and O–H groups in total. The summed E-state index contributed by atoms with van der Waals surface area (Å²) in [6, 6.07) is 0. The highest BCUT2D eigenvalue weighted by Gasteiger charge is 2.50. The Morgan fingerprint density at radius 3 is 2.61 bits per heavy atom. The van der Waals surface area contributed by atoms with Crippen molar-refractivity contribution in [1.82, 2.24) is 0 Å². The first-order chi connectivity index (χ1) is 8.42. The van der Waals surface area contributed by atoms with Crippen molar-refractivity contribution in [3.05, 3.63) is 0 Å². The molecule has 2 aliphatic rings. The van der Waals surface area contributed by atoms with Crippen molar-refractivity contribution in [2.24, 2.45) is 23.0 Å². The van der Waals surface area contributed by atoms with Gasteiger partial charge in [-0.05, 0) is 30.7 Å². The highest BCUT2D eigenvalue weighted by molar-refractivity contribution is 7.91.